The molecule has 0 fully saturated rings. The summed E-state index contributed by atoms with van der Waals surface area (Å²) >= 11 is 5.87. The molecule has 0 saturated heterocycles. The Bertz CT molecular complexity index is 438. The highest BCUT2D eigenvalue weighted by Crippen LogP contribution is 2.22. The van der Waals surface area contributed by atoms with E-state index in [1.165, 1.54) is 0 Å². The molecule has 0 aliphatic rings. The number of unbranched alkanes of at least 4 members (excludes halogenated alkanes) is 1. The number of ether oxygens (including phenoxy) is 1. The summed E-state index contributed by atoms with van der Waals surface area (Å²) in [6.07, 6.45) is 2.11. The van der Waals surface area contributed by atoms with Gasteiger partial charge in [-0.05, 0) is 18.6 Å². The largest absolute Gasteiger partial charge is 0.482 e. The van der Waals surface area contributed by atoms with Crippen LogP contribution in [0.3, 0.4) is 0 Å². The number of para-hydroxylation sites is 1. The van der Waals surface area contributed by atoms with Crippen LogP contribution in [-0.2, 0) is 9.59 Å². The molecule has 1 aromatic carbocycles. The average Bonchev–Trinajstić information content (AvgIpc) is 2.42. The van der Waals surface area contributed by atoms with Crippen LogP contribution in [0, 0.1) is 0 Å². The molecule has 0 atom stereocenters. The zero-order chi connectivity index (χ0) is 14.1. The fraction of sp³-hybridized carbons (Fsp3) is 0.385. The number of benzene rings is 1. The summed E-state index contributed by atoms with van der Waals surface area (Å²) in [6.45, 7) is 1.78. The zero-order valence-electron chi connectivity index (χ0n) is 10.7. The van der Waals surface area contributed by atoms with Crippen LogP contribution in [-0.4, -0.2) is 18.4 Å². The number of hydrogen-bond donors (Lipinski definition) is 2. The lowest BCUT2D eigenvalue weighted by atomic mass is 10.2. The van der Waals surface area contributed by atoms with Crippen molar-refractivity contribution < 1.29 is 14.3 Å². The third-order valence-corrected chi connectivity index (χ3v) is 2.61. The Morgan fingerprint density at radius 1 is 1.21 bits per heavy atom. The van der Waals surface area contributed by atoms with Gasteiger partial charge in [-0.2, -0.15) is 0 Å². The van der Waals surface area contributed by atoms with Gasteiger partial charge in [-0.25, -0.2) is 0 Å². The molecule has 6 heteroatoms. The molecule has 1 aromatic rings. The van der Waals surface area contributed by atoms with E-state index in [1.54, 1.807) is 24.3 Å². The summed E-state index contributed by atoms with van der Waals surface area (Å²) in [4.78, 5) is 22.7. The predicted octanol–water partition coefficient (Wildman–Crippen LogP) is 2.06. The van der Waals surface area contributed by atoms with Gasteiger partial charge in [0.1, 0.15) is 5.75 Å². The lowest BCUT2D eigenvalue weighted by molar-refractivity contribution is -0.130. The Morgan fingerprint density at radius 2 is 1.89 bits per heavy atom. The van der Waals surface area contributed by atoms with Crippen LogP contribution < -0.4 is 15.6 Å². The first-order valence-electron chi connectivity index (χ1n) is 6.08. The molecule has 0 aromatic heterocycles. The van der Waals surface area contributed by atoms with Crippen LogP contribution in [0.25, 0.3) is 0 Å². The van der Waals surface area contributed by atoms with Gasteiger partial charge in [0.05, 0.1) is 5.02 Å². The number of halogens is 1. The monoisotopic (exact) mass is 284 g/mol. The second-order valence-electron chi connectivity index (χ2n) is 3.92. The maximum atomic E-state index is 11.4. The molecule has 0 bridgehead atoms. The number of rotatable bonds is 6. The van der Waals surface area contributed by atoms with Crippen molar-refractivity contribution in [1.82, 2.24) is 10.9 Å². The minimum absolute atomic E-state index is 0.211. The molecule has 0 unspecified atom stereocenters. The first-order valence-corrected chi connectivity index (χ1v) is 6.46. The highest BCUT2D eigenvalue weighted by Gasteiger charge is 2.06. The van der Waals surface area contributed by atoms with Crippen LogP contribution in [0.15, 0.2) is 24.3 Å². The molecule has 0 radical (unpaired) electrons. The minimum atomic E-state index is -0.440. The zero-order valence-corrected chi connectivity index (χ0v) is 11.5. The van der Waals surface area contributed by atoms with Gasteiger partial charge >= 0.3 is 0 Å². The molecule has 1 rings (SSSR count). The van der Waals surface area contributed by atoms with Crippen LogP contribution >= 0.6 is 11.6 Å². The summed E-state index contributed by atoms with van der Waals surface area (Å²) in [6, 6.07) is 6.85. The molecule has 2 N–H and O–H groups in total. The molecule has 5 nitrogen and oxygen atoms in total. The first-order chi connectivity index (χ1) is 9.13. The quantitative estimate of drug-likeness (QED) is 0.786. The van der Waals surface area contributed by atoms with Crippen molar-refractivity contribution in [1.29, 1.82) is 0 Å². The third-order valence-electron chi connectivity index (χ3n) is 2.29. The smallest absolute Gasteiger partial charge is 0.276 e. The van der Waals surface area contributed by atoms with Gasteiger partial charge in [-0.1, -0.05) is 37.1 Å². The summed E-state index contributed by atoms with van der Waals surface area (Å²) < 4.78 is 5.22. The molecule has 0 saturated carbocycles. The van der Waals surface area contributed by atoms with Crippen LogP contribution in [0.5, 0.6) is 5.75 Å². The van der Waals surface area contributed by atoms with Crippen molar-refractivity contribution in [2.75, 3.05) is 6.61 Å². The molecule has 0 aliphatic heterocycles. The van der Waals surface area contributed by atoms with Gasteiger partial charge in [0.25, 0.3) is 5.91 Å². The Hall–Kier alpha value is -1.75. The molecule has 19 heavy (non-hydrogen) atoms. The highest BCUT2D eigenvalue weighted by molar-refractivity contribution is 6.32. The maximum Gasteiger partial charge on any atom is 0.276 e. The lowest BCUT2D eigenvalue weighted by Gasteiger charge is -2.09. The average molecular weight is 285 g/mol. The van der Waals surface area contributed by atoms with E-state index >= 15 is 0 Å². The predicted molar refractivity (Wildman–Crippen MR) is 72.8 cm³/mol. The lowest BCUT2D eigenvalue weighted by Crippen LogP contribution is -2.43. The van der Waals surface area contributed by atoms with Crippen molar-refractivity contribution in [3.63, 3.8) is 0 Å². The minimum Gasteiger partial charge on any atom is -0.482 e. The van der Waals surface area contributed by atoms with Crippen molar-refractivity contribution in [3.05, 3.63) is 29.3 Å². The molecule has 2 amide bonds. The van der Waals surface area contributed by atoms with E-state index in [-0.39, 0.29) is 12.5 Å². The topological polar surface area (TPSA) is 67.4 Å². The Morgan fingerprint density at radius 3 is 2.58 bits per heavy atom. The maximum absolute atomic E-state index is 11.4. The van der Waals surface area contributed by atoms with Gasteiger partial charge in [-0.15, -0.1) is 0 Å². The van der Waals surface area contributed by atoms with Gasteiger partial charge in [0.15, 0.2) is 6.61 Å². The van der Waals surface area contributed by atoms with E-state index in [1.807, 2.05) is 6.92 Å². The van der Waals surface area contributed by atoms with Crippen LogP contribution in [0.4, 0.5) is 0 Å². The van der Waals surface area contributed by atoms with E-state index in [4.69, 9.17) is 16.3 Å². The molecular formula is C13H17ClN2O3. The Labute approximate surface area is 117 Å². The second-order valence-corrected chi connectivity index (χ2v) is 4.33. The summed E-state index contributed by atoms with van der Waals surface area (Å²) in [5, 5.41) is 0.433. The van der Waals surface area contributed by atoms with Gasteiger partial charge in [0.2, 0.25) is 5.91 Å². The number of carbonyl (C=O) groups is 2. The summed E-state index contributed by atoms with van der Waals surface area (Å²) in [7, 11) is 0. The molecule has 0 spiro atoms. The van der Waals surface area contributed by atoms with Gasteiger partial charge in [-0.3, -0.25) is 20.4 Å². The fourth-order valence-corrected chi connectivity index (χ4v) is 1.47. The molecule has 104 valence electrons. The first kappa shape index (κ1) is 15.3. The van der Waals surface area contributed by atoms with E-state index in [9.17, 15) is 9.59 Å². The van der Waals surface area contributed by atoms with Crippen molar-refractivity contribution in [2.45, 2.75) is 26.2 Å². The molecule has 0 heterocycles. The number of amides is 2. The molecule has 0 aliphatic carbocycles. The summed E-state index contributed by atoms with van der Waals surface area (Å²) in [5.41, 5.74) is 4.59. The van der Waals surface area contributed by atoms with E-state index < -0.39 is 5.91 Å². The fourth-order valence-electron chi connectivity index (χ4n) is 1.28. The normalized spacial score (nSPS) is 9.79. The summed E-state index contributed by atoms with van der Waals surface area (Å²) in [5.74, 6) is -0.227. The van der Waals surface area contributed by atoms with Crippen molar-refractivity contribution >= 4 is 23.4 Å². The van der Waals surface area contributed by atoms with Crippen molar-refractivity contribution in [2.24, 2.45) is 0 Å². The van der Waals surface area contributed by atoms with Crippen LogP contribution in [0.2, 0.25) is 5.02 Å². The van der Waals surface area contributed by atoms with Crippen LogP contribution in [0.1, 0.15) is 26.2 Å². The van der Waals surface area contributed by atoms with Gasteiger partial charge in [0, 0.05) is 6.42 Å². The van der Waals surface area contributed by atoms with Crippen molar-refractivity contribution in [3.8, 4) is 5.75 Å². The van der Waals surface area contributed by atoms with E-state index in [2.05, 4.69) is 10.9 Å². The molecular weight excluding hydrogens is 268 g/mol. The van der Waals surface area contributed by atoms with E-state index in [0.29, 0.717) is 17.2 Å². The third kappa shape index (κ3) is 6.10. The SMILES string of the molecule is CCCCC(=O)NNC(=O)COc1ccccc1Cl. The van der Waals surface area contributed by atoms with Gasteiger partial charge < -0.3 is 4.74 Å². The standard InChI is InChI=1S/C13H17ClN2O3/c1-2-3-8-12(17)15-16-13(18)9-19-11-7-5-4-6-10(11)14/h4-7H,2-3,8-9H2,1H3,(H,15,17)(H,16,18). The second kappa shape index (κ2) is 8.37. The number of nitrogens with one attached hydrogen (secondary N) is 2. The highest BCUT2D eigenvalue weighted by atomic mass is 35.5. The Kier molecular flexibility index (Phi) is 6.74. The van der Waals surface area contributed by atoms with E-state index in [0.717, 1.165) is 12.8 Å². The Balaban J connectivity index is 2.25. The number of carbonyl (C=O) groups excluding carboxylic acids is 2. The number of hydrogen-bond acceptors (Lipinski definition) is 3. The number of hydrazine groups is 1.